The molecule has 2 aromatic heterocycles. The number of carbonyl (C=O) groups is 1. The fourth-order valence-electron chi connectivity index (χ4n) is 1.88. The molecule has 3 rings (SSSR count). The normalized spacial score (nSPS) is 10.5. The Hall–Kier alpha value is -2.05. The molecule has 9 heteroatoms. The Kier molecular flexibility index (Phi) is 5.84. The van der Waals surface area contributed by atoms with Gasteiger partial charge in [0, 0.05) is 12.3 Å². The fourth-order valence-corrected chi connectivity index (χ4v) is 2.69. The van der Waals surface area contributed by atoms with Crippen LogP contribution in [0.15, 0.2) is 48.7 Å². The molecular weight excluding hydrogens is 422 g/mol. The number of esters is 1. The molecule has 5 nitrogen and oxygen atoms in total. The van der Waals surface area contributed by atoms with Crippen molar-refractivity contribution in [3.8, 4) is 17.4 Å². The summed E-state index contributed by atoms with van der Waals surface area (Å²) in [4.78, 5) is 20.1. The van der Waals surface area contributed by atoms with Crippen molar-refractivity contribution >= 4 is 52.4 Å². The maximum absolute atomic E-state index is 12.3. The van der Waals surface area contributed by atoms with Crippen LogP contribution >= 0.6 is 46.4 Å². The van der Waals surface area contributed by atoms with Gasteiger partial charge in [-0.05, 0) is 30.3 Å². The Morgan fingerprint density at radius 3 is 2.19 bits per heavy atom. The molecule has 132 valence electrons. The maximum Gasteiger partial charge on any atom is 0.364 e. The molecule has 0 spiro atoms. The molecule has 2 heterocycles. The summed E-state index contributed by atoms with van der Waals surface area (Å²) in [6.45, 7) is 0. The molecule has 0 amide bonds. The van der Waals surface area contributed by atoms with E-state index >= 15 is 0 Å². The minimum absolute atomic E-state index is 0.0362. The van der Waals surface area contributed by atoms with Crippen LogP contribution in [0.4, 0.5) is 0 Å². The average molecular weight is 430 g/mol. The van der Waals surface area contributed by atoms with E-state index in [-0.39, 0.29) is 31.7 Å². The lowest BCUT2D eigenvalue weighted by Gasteiger charge is -2.09. The van der Waals surface area contributed by atoms with Crippen LogP contribution in [0.3, 0.4) is 0 Å². The quantitative estimate of drug-likeness (QED) is 0.284. The molecule has 0 unspecified atom stereocenters. The lowest BCUT2D eigenvalue weighted by atomic mass is 10.3. The van der Waals surface area contributed by atoms with Gasteiger partial charge in [0.2, 0.25) is 5.88 Å². The predicted octanol–water partition coefficient (Wildman–Crippen LogP) is 6.10. The van der Waals surface area contributed by atoms with Crippen molar-refractivity contribution < 1.29 is 14.3 Å². The molecule has 3 aromatic rings. The Morgan fingerprint density at radius 2 is 1.54 bits per heavy atom. The molecule has 26 heavy (non-hydrogen) atoms. The minimum atomic E-state index is -0.825. The molecule has 0 saturated carbocycles. The van der Waals surface area contributed by atoms with E-state index in [0.29, 0.717) is 11.6 Å². The summed E-state index contributed by atoms with van der Waals surface area (Å²) in [6.07, 6.45) is 1.62. The van der Waals surface area contributed by atoms with E-state index < -0.39 is 5.97 Å². The summed E-state index contributed by atoms with van der Waals surface area (Å²) in [5, 5.41) is -0.390. The number of hydrogen-bond donors (Lipinski definition) is 0. The Bertz CT molecular complexity index is 950. The van der Waals surface area contributed by atoms with Crippen LogP contribution in [-0.4, -0.2) is 15.9 Å². The predicted molar refractivity (Wildman–Crippen MR) is 100.0 cm³/mol. The van der Waals surface area contributed by atoms with Crippen molar-refractivity contribution in [3.63, 3.8) is 0 Å². The third-order valence-corrected chi connectivity index (χ3v) is 4.75. The highest BCUT2D eigenvalue weighted by Gasteiger charge is 2.22. The molecular formula is C17H8Cl4N2O3. The number of halogens is 4. The molecule has 0 saturated heterocycles. The van der Waals surface area contributed by atoms with Gasteiger partial charge in [-0.1, -0.05) is 52.5 Å². The van der Waals surface area contributed by atoms with Crippen LogP contribution in [0.5, 0.6) is 17.4 Å². The second-order valence-electron chi connectivity index (χ2n) is 4.82. The van der Waals surface area contributed by atoms with Crippen LogP contribution in [0.25, 0.3) is 0 Å². The highest BCUT2D eigenvalue weighted by molar-refractivity contribution is 6.52. The first-order valence-electron chi connectivity index (χ1n) is 7.07. The van der Waals surface area contributed by atoms with Gasteiger partial charge in [0.15, 0.2) is 5.69 Å². The van der Waals surface area contributed by atoms with Gasteiger partial charge in [0.1, 0.15) is 16.7 Å². The average Bonchev–Trinajstić information content (AvgIpc) is 2.65. The second-order valence-corrected chi connectivity index (χ2v) is 6.32. The Balaban J connectivity index is 1.74. The molecule has 0 fully saturated rings. The highest BCUT2D eigenvalue weighted by Crippen LogP contribution is 2.36. The van der Waals surface area contributed by atoms with Gasteiger partial charge in [-0.15, -0.1) is 0 Å². The van der Waals surface area contributed by atoms with Crippen LogP contribution in [0.1, 0.15) is 10.5 Å². The van der Waals surface area contributed by atoms with Crippen molar-refractivity contribution in [3.05, 3.63) is 74.6 Å². The highest BCUT2D eigenvalue weighted by atomic mass is 35.5. The van der Waals surface area contributed by atoms with Gasteiger partial charge in [0.05, 0.1) is 15.1 Å². The summed E-state index contributed by atoms with van der Waals surface area (Å²) in [7, 11) is 0. The van der Waals surface area contributed by atoms with E-state index in [2.05, 4.69) is 9.97 Å². The molecule has 0 radical (unpaired) electrons. The minimum Gasteiger partial charge on any atom is -0.439 e. The van der Waals surface area contributed by atoms with Crippen molar-refractivity contribution in [2.75, 3.05) is 0 Å². The number of ether oxygens (including phenoxy) is 2. The molecule has 0 N–H and O–H groups in total. The number of rotatable bonds is 4. The van der Waals surface area contributed by atoms with E-state index in [1.165, 1.54) is 0 Å². The van der Waals surface area contributed by atoms with Gasteiger partial charge in [-0.2, -0.15) is 0 Å². The van der Waals surface area contributed by atoms with Gasteiger partial charge in [-0.3, -0.25) is 0 Å². The van der Waals surface area contributed by atoms with Gasteiger partial charge < -0.3 is 9.47 Å². The van der Waals surface area contributed by atoms with Gasteiger partial charge in [-0.25, -0.2) is 14.8 Å². The lowest BCUT2D eigenvalue weighted by Crippen LogP contribution is -2.12. The van der Waals surface area contributed by atoms with Crippen LogP contribution in [0.2, 0.25) is 20.2 Å². The molecule has 0 aliphatic heterocycles. The fraction of sp³-hybridized carbons (Fsp3) is 0. The largest absolute Gasteiger partial charge is 0.439 e. The number of pyridine rings is 2. The summed E-state index contributed by atoms with van der Waals surface area (Å²) < 4.78 is 10.8. The van der Waals surface area contributed by atoms with E-state index in [4.69, 9.17) is 55.9 Å². The zero-order valence-corrected chi connectivity index (χ0v) is 15.8. The van der Waals surface area contributed by atoms with Crippen molar-refractivity contribution in [1.29, 1.82) is 0 Å². The molecule has 0 bridgehead atoms. The number of carbonyl (C=O) groups excluding carboxylic acids is 1. The first-order valence-corrected chi connectivity index (χ1v) is 8.58. The monoisotopic (exact) mass is 428 g/mol. The van der Waals surface area contributed by atoms with E-state index in [1.807, 2.05) is 0 Å². The smallest absolute Gasteiger partial charge is 0.364 e. The number of nitrogens with zero attached hydrogens (tertiary/aromatic N) is 2. The van der Waals surface area contributed by atoms with E-state index in [1.54, 1.807) is 48.7 Å². The topological polar surface area (TPSA) is 61.3 Å². The molecule has 0 aliphatic carbocycles. The number of aromatic nitrogens is 2. The molecule has 0 atom stereocenters. The second kappa shape index (κ2) is 8.10. The maximum atomic E-state index is 12.3. The SMILES string of the molecule is O=C(Oc1ccc(Oc2ccccn2)cc1)c1nc(Cl)c(Cl)c(Cl)c1Cl. The van der Waals surface area contributed by atoms with Crippen LogP contribution in [-0.2, 0) is 0 Å². The molecule has 1 aromatic carbocycles. The van der Waals surface area contributed by atoms with Gasteiger partial charge in [0.25, 0.3) is 0 Å². The number of benzene rings is 1. The first kappa shape index (κ1) is 18.7. The van der Waals surface area contributed by atoms with Crippen LogP contribution in [0, 0.1) is 0 Å². The van der Waals surface area contributed by atoms with Gasteiger partial charge >= 0.3 is 5.97 Å². The lowest BCUT2D eigenvalue weighted by molar-refractivity contribution is 0.0728. The zero-order chi connectivity index (χ0) is 18.7. The summed E-state index contributed by atoms with van der Waals surface area (Å²) >= 11 is 23.5. The third-order valence-electron chi connectivity index (χ3n) is 3.07. The third kappa shape index (κ3) is 4.19. The van der Waals surface area contributed by atoms with E-state index in [0.717, 1.165) is 0 Å². The summed E-state index contributed by atoms with van der Waals surface area (Å²) in [5.74, 6) is 0.396. The van der Waals surface area contributed by atoms with E-state index in [9.17, 15) is 4.79 Å². The van der Waals surface area contributed by atoms with Crippen LogP contribution < -0.4 is 9.47 Å². The zero-order valence-electron chi connectivity index (χ0n) is 12.7. The van der Waals surface area contributed by atoms with Crippen molar-refractivity contribution in [2.45, 2.75) is 0 Å². The van der Waals surface area contributed by atoms with Crippen molar-refractivity contribution in [2.24, 2.45) is 0 Å². The summed E-state index contributed by atoms with van der Waals surface area (Å²) in [5.41, 5.74) is -0.236. The Labute approximate surface area is 168 Å². The van der Waals surface area contributed by atoms with Crippen molar-refractivity contribution in [1.82, 2.24) is 9.97 Å². The number of hydrogen-bond acceptors (Lipinski definition) is 5. The first-order chi connectivity index (χ1) is 12.5. The molecule has 0 aliphatic rings. The Morgan fingerprint density at radius 1 is 0.846 bits per heavy atom. The summed E-state index contributed by atoms with van der Waals surface area (Å²) in [6, 6.07) is 11.6. The standard InChI is InChI=1S/C17H8Cl4N2O3/c18-12-13(19)15(23-16(21)14(12)20)17(24)26-10-6-4-9(5-7-10)25-11-3-1-2-8-22-11/h1-8H.